The van der Waals surface area contributed by atoms with Gasteiger partial charge in [-0.05, 0) is 304 Å². The minimum absolute atomic E-state index is 0.0132. The Morgan fingerprint density at radius 3 is 1.09 bits per heavy atom. The van der Waals surface area contributed by atoms with E-state index in [1.54, 1.807) is 28.9 Å². The van der Waals surface area contributed by atoms with Crippen molar-refractivity contribution in [1.29, 1.82) is 10.5 Å². The highest BCUT2D eigenvalue weighted by molar-refractivity contribution is 5.83. The lowest BCUT2D eigenvalue weighted by atomic mass is 9.43. The van der Waals surface area contributed by atoms with E-state index in [1.165, 1.54) is 57.1 Å². The molecule has 3 aromatic heterocycles. The second-order valence-electron chi connectivity index (χ2n) is 37.0. The van der Waals surface area contributed by atoms with Crippen molar-refractivity contribution < 1.29 is 57.1 Å². The second-order valence-corrected chi connectivity index (χ2v) is 37.0. The van der Waals surface area contributed by atoms with Crippen molar-refractivity contribution in [3.05, 3.63) is 53.9 Å². The molecule has 0 bridgehead atoms. The number of aromatic nitrogens is 6. The predicted octanol–water partition coefficient (Wildman–Crippen LogP) is 14.2. The number of methoxy groups -OCH3 is 3. The van der Waals surface area contributed by atoms with Gasteiger partial charge in [0.15, 0.2) is 23.0 Å². The van der Waals surface area contributed by atoms with Crippen molar-refractivity contribution in [3.8, 4) is 12.1 Å². The summed E-state index contributed by atoms with van der Waals surface area (Å²) in [4.78, 5) is 40.2. The average Bonchev–Trinajstić information content (AvgIpc) is 1.69. The van der Waals surface area contributed by atoms with Gasteiger partial charge in [0, 0.05) is 57.7 Å². The fourth-order valence-electron chi connectivity index (χ4n) is 27.4. The third-order valence-corrected chi connectivity index (χ3v) is 31.8. The molecule has 20 heteroatoms. The van der Waals surface area contributed by atoms with Crippen molar-refractivity contribution in [2.45, 2.75) is 258 Å². The monoisotopic (exact) mass is 1400 g/mol. The summed E-state index contributed by atoms with van der Waals surface area (Å²) >= 11 is 0. The van der Waals surface area contributed by atoms with E-state index < -0.39 is 28.7 Å². The number of nitrogens with zero attached hydrogens (tertiary/aromatic N) is 8. The largest absolute Gasteiger partial charge is 0.435 e. The molecule has 12 fully saturated rings. The molecule has 101 heavy (non-hydrogen) atoms. The highest BCUT2D eigenvalue weighted by Crippen LogP contribution is 2.72. The van der Waals surface area contributed by atoms with Gasteiger partial charge in [0.2, 0.25) is 0 Å². The molecule has 0 aliphatic heterocycles. The predicted molar refractivity (Wildman–Crippen MR) is 372 cm³/mol. The van der Waals surface area contributed by atoms with Gasteiger partial charge in [-0.15, -0.1) is 0 Å². The molecule has 0 saturated heterocycles. The molecule has 0 aromatic carbocycles. The van der Waals surface area contributed by atoms with Crippen LogP contribution in [-0.4, -0.2) is 120 Å². The number of Topliss-reactive ketones (excluding diaryl/α,β-unsaturated/α-hetero) is 3. The number of rotatable bonds is 15. The van der Waals surface area contributed by atoms with Crippen LogP contribution >= 0.6 is 0 Å². The zero-order valence-electron chi connectivity index (χ0n) is 62.0. The first-order valence-corrected chi connectivity index (χ1v) is 39.0. The number of carbonyl (C=O) groups excluding carboxylic acids is 3. The lowest BCUT2D eigenvalue weighted by molar-refractivity contribution is -0.175. The molecule has 0 radical (unpaired) electrons. The van der Waals surface area contributed by atoms with Gasteiger partial charge in [-0.3, -0.25) is 28.4 Å². The van der Waals surface area contributed by atoms with Crippen molar-refractivity contribution in [2.75, 3.05) is 41.2 Å². The smallest absolute Gasteiger partial charge is 0.390 e. The first kappa shape index (κ1) is 74.4. The third kappa shape index (κ3) is 13.4. The van der Waals surface area contributed by atoms with Crippen molar-refractivity contribution in [2.24, 2.45) is 121 Å². The number of halogens is 3. The summed E-state index contributed by atoms with van der Waals surface area (Å²) in [5.41, 5.74) is -1.13. The zero-order chi connectivity index (χ0) is 72.1. The van der Waals surface area contributed by atoms with Gasteiger partial charge in [0.1, 0.15) is 12.1 Å². The molecule has 3 N–H and O–H groups in total. The first-order valence-electron chi connectivity index (χ1n) is 39.0. The van der Waals surface area contributed by atoms with Gasteiger partial charge in [0.05, 0.1) is 79.8 Å². The Kier molecular flexibility index (Phi) is 20.5. The number of fused-ring (bicyclic) bond motifs is 15. The fourth-order valence-corrected chi connectivity index (χ4v) is 27.4. The standard InChI is InChI=1S/C27H39F3N2O3.2C27H39N3O3/c1-24(34)11-12-26(16-35-3)17(14-24)4-5-18-19-6-7-21(25(19,2)10-8-20(18)26)22(33)15-32-13-9-23(31-32)27(28,29)30;2*1-25(32)10-11-27(17-33-3)19(12-25)4-5-20-21-6-7-23(26(21,2)9-8-22(20)27)24(31)16-30-15-18(13-28)14-29-30/h9,13,17-21,34H,4-8,10-12,14-16H2,1-3H3;2*14-15,19-23,32H,4-12,16-17H2,1-3H3/t17-,18-,19-,20-,21+,24+,25-,26+;19-,20+,21+,22+,23-,25-,26+,27-;19-,20-,21-,22-,23+,25+,26-,27+/m010/s1. The highest BCUT2D eigenvalue weighted by Gasteiger charge is 2.67. The summed E-state index contributed by atoms with van der Waals surface area (Å²) < 4.78 is 60.8. The van der Waals surface area contributed by atoms with Crippen LogP contribution in [0.3, 0.4) is 0 Å². The summed E-state index contributed by atoms with van der Waals surface area (Å²) in [5.74, 6) is 7.49. The van der Waals surface area contributed by atoms with Crippen LogP contribution in [0.1, 0.15) is 232 Å². The molecule has 12 aliphatic carbocycles. The van der Waals surface area contributed by atoms with Gasteiger partial charge in [-0.1, -0.05) is 20.8 Å². The molecule has 24 atom stereocenters. The normalized spacial score (nSPS) is 44.0. The summed E-state index contributed by atoms with van der Waals surface area (Å²) in [6, 6.07) is 5.13. The second kappa shape index (κ2) is 27.8. The Hall–Kier alpha value is -4.83. The molecule has 0 spiro atoms. The molecule has 17 nitrogen and oxygen atoms in total. The topological polar surface area (TPSA) is 241 Å². The fraction of sp³-hybridized carbons (Fsp3) is 0.827. The molecule has 3 aromatic rings. The van der Waals surface area contributed by atoms with E-state index in [2.05, 4.69) is 48.2 Å². The lowest BCUT2D eigenvalue weighted by Crippen LogP contribution is -2.58. The van der Waals surface area contributed by atoms with Crippen LogP contribution in [0.25, 0.3) is 0 Å². The molecule has 15 rings (SSSR count). The molecular weight excluding hydrogens is 1290 g/mol. The van der Waals surface area contributed by atoms with Crippen LogP contribution in [-0.2, 0) is 54.4 Å². The summed E-state index contributed by atoms with van der Waals surface area (Å²) in [6.07, 6.45) is 31.2. The first-order chi connectivity index (χ1) is 47.8. The van der Waals surface area contributed by atoms with Crippen LogP contribution in [0.15, 0.2) is 37.1 Å². The number of alkyl halides is 3. The third-order valence-electron chi connectivity index (χ3n) is 31.8. The molecule has 0 amide bonds. The molecular formula is C81H117F3N8O9. The van der Waals surface area contributed by atoms with Crippen molar-refractivity contribution in [1.82, 2.24) is 29.3 Å². The summed E-state index contributed by atoms with van der Waals surface area (Å²) in [7, 11) is 5.47. The molecule has 0 unspecified atom stereocenters. The SMILES string of the molecule is COC[C@]12CC[C@@](C)(O)C[C@@H]1CC[C@H]1[C@@H]3CC[C@H](C(=O)Cn4cc(C#N)cn4)[C@@]3(C)CC[C@@H]12.COC[C@]12CC[C@@](C)(O)C[C@@H]1CC[C@H]1[C@@H]3CC[C@H](C(=O)Cn4ccc(C(F)(F)F)n4)[C@@]3(C)CC[C@@H]12.COC[C@]12CC[C@@](C)(O)C[C@H]1CC[C@H]1[C@@H]3CC[C@H](C(=O)Cn4cc(C#N)cn4)[C@@]3(C)CC[C@@H]12. The Labute approximate surface area is 597 Å². The Balaban J connectivity index is 0.000000136. The molecule has 12 aliphatic rings. The summed E-state index contributed by atoms with van der Waals surface area (Å²) in [6.45, 7) is 15.8. The van der Waals surface area contributed by atoms with Crippen LogP contribution in [0.5, 0.6) is 0 Å². The van der Waals surface area contributed by atoms with Gasteiger partial charge in [0.25, 0.3) is 0 Å². The number of aliphatic hydroxyl groups is 3. The molecule has 556 valence electrons. The van der Waals surface area contributed by atoms with E-state index >= 15 is 0 Å². The van der Waals surface area contributed by atoms with Crippen LogP contribution in [0.4, 0.5) is 13.2 Å². The van der Waals surface area contributed by atoms with E-state index in [4.69, 9.17) is 24.7 Å². The number of nitriles is 2. The van der Waals surface area contributed by atoms with Crippen molar-refractivity contribution >= 4 is 17.3 Å². The average molecular weight is 1400 g/mol. The Morgan fingerprint density at radius 1 is 0.475 bits per heavy atom. The number of hydrogen-bond donors (Lipinski definition) is 3. The van der Waals surface area contributed by atoms with Crippen LogP contribution in [0, 0.1) is 144 Å². The highest BCUT2D eigenvalue weighted by atomic mass is 19.4. The van der Waals surface area contributed by atoms with Gasteiger partial charge < -0.3 is 29.5 Å². The molecule has 3 heterocycles. The number of ether oxygens (including phenoxy) is 3. The number of ketones is 3. The van der Waals surface area contributed by atoms with E-state index in [1.807, 2.05) is 35.0 Å². The summed E-state index contributed by atoms with van der Waals surface area (Å²) in [5, 5.41) is 62.6. The maximum absolute atomic E-state index is 13.4. The molecule has 12 saturated carbocycles. The number of carbonyl (C=O) groups is 3. The Morgan fingerprint density at radius 2 is 0.802 bits per heavy atom. The van der Waals surface area contributed by atoms with Crippen LogP contribution < -0.4 is 0 Å². The van der Waals surface area contributed by atoms with E-state index in [0.29, 0.717) is 82.1 Å². The minimum atomic E-state index is -4.50. The Bertz CT molecular complexity index is 3430. The van der Waals surface area contributed by atoms with Gasteiger partial charge in [-0.25, -0.2) is 0 Å². The number of hydrogen-bond acceptors (Lipinski definition) is 14. The van der Waals surface area contributed by atoms with Gasteiger partial charge in [-0.2, -0.15) is 39.0 Å². The minimum Gasteiger partial charge on any atom is -0.390 e. The van der Waals surface area contributed by atoms with Gasteiger partial charge >= 0.3 is 6.18 Å². The lowest BCUT2D eigenvalue weighted by Gasteiger charge is -2.62. The van der Waals surface area contributed by atoms with E-state index in [0.717, 1.165) is 165 Å². The van der Waals surface area contributed by atoms with Crippen molar-refractivity contribution in [3.63, 3.8) is 0 Å². The maximum Gasteiger partial charge on any atom is 0.435 e. The maximum atomic E-state index is 13.4. The quantitative estimate of drug-likeness (QED) is 0.128. The van der Waals surface area contributed by atoms with E-state index in [9.17, 15) is 42.9 Å². The zero-order valence-corrected chi connectivity index (χ0v) is 62.0. The van der Waals surface area contributed by atoms with Crippen LogP contribution in [0.2, 0.25) is 0 Å². The van der Waals surface area contributed by atoms with E-state index in [-0.39, 0.29) is 87.2 Å².